The van der Waals surface area contributed by atoms with Crippen LogP contribution in [0.15, 0.2) is 34.7 Å². The molecule has 0 spiro atoms. The summed E-state index contributed by atoms with van der Waals surface area (Å²) >= 11 is 0. The van der Waals surface area contributed by atoms with E-state index >= 15 is 0 Å². The van der Waals surface area contributed by atoms with E-state index in [0.29, 0.717) is 22.8 Å². The molecule has 4 heteroatoms. The third kappa shape index (κ3) is 2.74. The zero-order valence-corrected chi connectivity index (χ0v) is 11.3. The van der Waals surface area contributed by atoms with Gasteiger partial charge in [-0.2, -0.15) is 0 Å². The minimum Gasteiger partial charge on any atom is -0.493 e. The van der Waals surface area contributed by atoms with Gasteiger partial charge in [-0.05, 0) is 29.8 Å². The van der Waals surface area contributed by atoms with E-state index in [-0.39, 0.29) is 0 Å². The maximum atomic E-state index is 10.3. The standard InChI is InChI=1S/C15H18O4/c1-4-11-6-8-13(19-11)15(16)10-5-7-12(17-2)14(9-10)18-3/h5-9,15-16H,4H2,1-3H3. The maximum Gasteiger partial charge on any atom is 0.161 e. The number of aryl methyl sites for hydroxylation is 1. The van der Waals surface area contributed by atoms with Crippen molar-refractivity contribution in [3.05, 3.63) is 47.4 Å². The topological polar surface area (TPSA) is 51.8 Å². The molecule has 1 aromatic heterocycles. The maximum absolute atomic E-state index is 10.3. The molecule has 0 bridgehead atoms. The minimum atomic E-state index is -0.805. The molecular formula is C15H18O4. The van der Waals surface area contributed by atoms with Gasteiger partial charge in [0.2, 0.25) is 0 Å². The van der Waals surface area contributed by atoms with Gasteiger partial charge in [-0.15, -0.1) is 0 Å². The summed E-state index contributed by atoms with van der Waals surface area (Å²) in [6.07, 6.45) is -0.00124. The Morgan fingerprint density at radius 2 is 1.84 bits per heavy atom. The Morgan fingerprint density at radius 1 is 1.11 bits per heavy atom. The summed E-state index contributed by atoms with van der Waals surface area (Å²) in [6, 6.07) is 8.97. The van der Waals surface area contributed by atoms with E-state index in [1.54, 1.807) is 38.5 Å². The van der Waals surface area contributed by atoms with E-state index in [1.807, 2.05) is 13.0 Å². The van der Waals surface area contributed by atoms with Crippen LogP contribution >= 0.6 is 0 Å². The molecule has 1 heterocycles. The summed E-state index contributed by atoms with van der Waals surface area (Å²) in [7, 11) is 3.14. The Bertz CT molecular complexity index is 545. The van der Waals surface area contributed by atoms with Crippen LogP contribution in [0.25, 0.3) is 0 Å². The third-order valence-electron chi connectivity index (χ3n) is 3.02. The van der Waals surface area contributed by atoms with Gasteiger partial charge < -0.3 is 19.0 Å². The fourth-order valence-corrected chi connectivity index (χ4v) is 1.92. The number of aliphatic hydroxyl groups excluding tert-OH is 1. The number of hydrogen-bond donors (Lipinski definition) is 1. The highest BCUT2D eigenvalue weighted by molar-refractivity contribution is 5.44. The van der Waals surface area contributed by atoms with Crippen LogP contribution in [0, 0.1) is 0 Å². The van der Waals surface area contributed by atoms with E-state index in [9.17, 15) is 5.11 Å². The highest BCUT2D eigenvalue weighted by atomic mass is 16.5. The number of furan rings is 1. The Balaban J connectivity index is 2.30. The predicted octanol–water partition coefficient (Wildman–Crippen LogP) is 2.94. The molecule has 4 nitrogen and oxygen atoms in total. The first-order valence-electron chi connectivity index (χ1n) is 6.18. The zero-order valence-electron chi connectivity index (χ0n) is 11.3. The molecular weight excluding hydrogens is 244 g/mol. The van der Waals surface area contributed by atoms with Crippen molar-refractivity contribution in [3.8, 4) is 11.5 Å². The van der Waals surface area contributed by atoms with E-state index in [1.165, 1.54) is 0 Å². The van der Waals surface area contributed by atoms with Gasteiger partial charge in [0.25, 0.3) is 0 Å². The van der Waals surface area contributed by atoms with Crippen molar-refractivity contribution in [1.82, 2.24) is 0 Å². The molecule has 0 fully saturated rings. The lowest BCUT2D eigenvalue weighted by Gasteiger charge is -2.12. The van der Waals surface area contributed by atoms with Gasteiger partial charge in [-0.25, -0.2) is 0 Å². The minimum absolute atomic E-state index is 0.532. The second-order valence-corrected chi connectivity index (χ2v) is 4.17. The molecule has 1 atom stereocenters. The molecule has 1 N–H and O–H groups in total. The smallest absolute Gasteiger partial charge is 0.161 e. The molecule has 2 aromatic rings. The van der Waals surface area contributed by atoms with E-state index in [2.05, 4.69) is 0 Å². The molecule has 102 valence electrons. The van der Waals surface area contributed by atoms with E-state index < -0.39 is 6.10 Å². The Kier molecular flexibility index (Phi) is 4.12. The average Bonchev–Trinajstić information content (AvgIpc) is 2.94. The Morgan fingerprint density at radius 3 is 2.42 bits per heavy atom. The third-order valence-corrected chi connectivity index (χ3v) is 3.02. The van der Waals surface area contributed by atoms with Gasteiger partial charge >= 0.3 is 0 Å². The molecule has 0 aliphatic rings. The van der Waals surface area contributed by atoms with Crippen molar-refractivity contribution in [2.24, 2.45) is 0 Å². The Hall–Kier alpha value is -1.94. The fraction of sp³-hybridized carbons (Fsp3) is 0.333. The largest absolute Gasteiger partial charge is 0.493 e. The first-order chi connectivity index (χ1) is 9.19. The van der Waals surface area contributed by atoms with Crippen LogP contribution < -0.4 is 9.47 Å². The summed E-state index contributed by atoms with van der Waals surface area (Å²) in [5.74, 6) is 2.60. The molecule has 1 unspecified atom stereocenters. The van der Waals surface area contributed by atoms with Crippen molar-refractivity contribution >= 4 is 0 Å². The van der Waals surface area contributed by atoms with Crippen molar-refractivity contribution in [2.75, 3.05) is 14.2 Å². The Labute approximate surface area is 112 Å². The molecule has 0 amide bonds. The highest BCUT2D eigenvalue weighted by Gasteiger charge is 2.16. The number of hydrogen-bond acceptors (Lipinski definition) is 4. The fourth-order valence-electron chi connectivity index (χ4n) is 1.92. The first-order valence-corrected chi connectivity index (χ1v) is 6.18. The molecule has 2 rings (SSSR count). The second-order valence-electron chi connectivity index (χ2n) is 4.17. The van der Waals surface area contributed by atoms with Crippen LogP contribution in [0.2, 0.25) is 0 Å². The highest BCUT2D eigenvalue weighted by Crippen LogP contribution is 2.32. The molecule has 19 heavy (non-hydrogen) atoms. The lowest BCUT2D eigenvalue weighted by atomic mass is 10.1. The SMILES string of the molecule is CCc1ccc(C(O)c2ccc(OC)c(OC)c2)o1. The van der Waals surface area contributed by atoms with Gasteiger partial charge in [0, 0.05) is 6.42 Å². The summed E-state index contributed by atoms with van der Waals surface area (Å²) in [5.41, 5.74) is 0.703. The summed E-state index contributed by atoms with van der Waals surface area (Å²) in [6.45, 7) is 2.01. The molecule has 0 aliphatic carbocycles. The number of methoxy groups -OCH3 is 2. The van der Waals surface area contributed by atoms with Crippen LogP contribution in [0.1, 0.15) is 30.1 Å². The van der Waals surface area contributed by atoms with Crippen LogP contribution in [-0.4, -0.2) is 19.3 Å². The van der Waals surface area contributed by atoms with Gasteiger partial charge in [0.1, 0.15) is 17.6 Å². The normalized spacial score (nSPS) is 12.2. The van der Waals surface area contributed by atoms with E-state index in [0.717, 1.165) is 12.2 Å². The van der Waals surface area contributed by atoms with Crippen molar-refractivity contribution in [3.63, 3.8) is 0 Å². The zero-order chi connectivity index (χ0) is 13.8. The van der Waals surface area contributed by atoms with Crippen LogP contribution in [0.4, 0.5) is 0 Å². The monoisotopic (exact) mass is 262 g/mol. The van der Waals surface area contributed by atoms with E-state index in [4.69, 9.17) is 13.9 Å². The lowest BCUT2D eigenvalue weighted by Crippen LogP contribution is -1.99. The summed E-state index contributed by atoms with van der Waals surface area (Å²) in [4.78, 5) is 0. The van der Waals surface area contributed by atoms with Gasteiger partial charge in [-0.1, -0.05) is 13.0 Å². The number of rotatable bonds is 5. The molecule has 0 radical (unpaired) electrons. The number of aliphatic hydroxyl groups is 1. The van der Waals surface area contributed by atoms with Gasteiger partial charge in [0.05, 0.1) is 14.2 Å². The number of ether oxygens (including phenoxy) is 2. The van der Waals surface area contributed by atoms with Crippen LogP contribution in [0.5, 0.6) is 11.5 Å². The number of benzene rings is 1. The molecule has 0 aliphatic heterocycles. The van der Waals surface area contributed by atoms with Gasteiger partial charge in [-0.3, -0.25) is 0 Å². The molecule has 0 saturated heterocycles. The first kappa shape index (κ1) is 13.5. The average molecular weight is 262 g/mol. The van der Waals surface area contributed by atoms with Crippen molar-refractivity contribution < 1.29 is 19.0 Å². The van der Waals surface area contributed by atoms with Crippen LogP contribution in [-0.2, 0) is 6.42 Å². The summed E-state index contributed by atoms with van der Waals surface area (Å²) in [5, 5.41) is 10.3. The molecule has 1 aromatic carbocycles. The molecule has 0 saturated carbocycles. The van der Waals surface area contributed by atoms with Gasteiger partial charge in [0.15, 0.2) is 11.5 Å². The van der Waals surface area contributed by atoms with Crippen molar-refractivity contribution in [1.29, 1.82) is 0 Å². The summed E-state index contributed by atoms with van der Waals surface area (Å²) < 4.78 is 15.9. The predicted molar refractivity (Wildman–Crippen MR) is 71.7 cm³/mol. The lowest BCUT2D eigenvalue weighted by molar-refractivity contribution is 0.186. The second kappa shape index (κ2) is 5.80. The quantitative estimate of drug-likeness (QED) is 0.900. The van der Waals surface area contributed by atoms with Crippen LogP contribution in [0.3, 0.4) is 0 Å². The van der Waals surface area contributed by atoms with Crippen molar-refractivity contribution in [2.45, 2.75) is 19.4 Å².